The van der Waals surface area contributed by atoms with Crippen LogP contribution in [0.25, 0.3) is 0 Å². The van der Waals surface area contributed by atoms with Crippen LogP contribution in [0.2, 0.25) is 0 Å². The highest BCUT2D eigenvalue weighted by Gasteiger charge is 2.40. The minimum Gasteiger partial charge on any atom is -0.380 e. The zero-order valence-corrected chi connectivity index (χ0v) is 23.3. The van der Waals surface area contributed by atoms with Crippen LogP contribution >= 0.6 is 21.6 Å². The van der Waals surface area contributed by atoms with Crippen LogP contribution < -0.4 is 16.0 Å². The van der Waals surface area contributed by atoms with Crippen molar-refractivity contribution in [2.24, 2.45) is 0 Å². The van der Waals surface area contributed by atoms with Crippen LogP contribution in [-0.2, 0) is 30.3 Å². The molecule has 4 rings (SSSR count). The first-order valence-electron chi connectivity index (χ1n) is 13.6. The van der Waals surface area contributed by atoms with Crippen LogP contribution in [0.1, 0.15) is 50.5 Å². The minimum absolute atomic E-state index is 0.269. The summed E-state index contributed by atoms with van der Waals surface area (Å²) in [5, 5.41) is 8.71. The van der Waals surface area contributed by atoms with Gasteiger partial charge in [0.1, 0.15) is 24.2 Å². The van der Waals surface area contributed by atoms with Crippen molar-refractivity contribution in [3.8, 4) is 0 Å². The molecule has 3 aliphatic heterocycles. The van der Waals surface area contributed by atoms with Crippen LogP contribution in [0.4, 0.5) is 0 Å². The van der Waals surface area contributed by atoms with Crippen LogP contribution in [0.5, 0.6) is 0 Å². The second kappa shape index (κ2) is 14.8. The Balaban J connectivity index is 1.60. The maximum atomic E-state index is 13.8. The Morgan fingerprint density at radius 1 is 0.763 bits per heavy atom. The summed E-state index contributed by atoms with van der Waals surface area (Å²) in [4.78, 5) is 55.6. The lowest BCUT2D eigenvalue weighted by Gasteiger charge is -2.32. The van der Waals surface area contributed by atoms with Crippen LogP contribution in [0, 0.1) is 0 Å². The van der Waals surface area contributed by atoms with Gasteiger partial charge in [0.2, 0.25) is 23.6 Å². The van der Waals surface area contributed by atoms with Gasteiger partial charge in [0, 0.05) is 31.1 Å². The summed E-state index contributed by atoms with van der Waals surface area (Å²) in [6.07, 6.45) is 5.05. The Bertz CT molecular complexity index is 966. The lowest BCUT2D eigenvalue weighted by Crippen LogP contribution is -2.61. The molecule has 3 fully saturated rings. The lowest BCUT2D eigenvalue weighted by molar-refractivity contribution is -0.143. The molecule has 1 aromatic carbocycles. The minimum atomic E-state index is -0.878. The van der Waals surface area contributed by atoms with Gasteiger partial charge in [-0.05, 0) is 37.7 Å². The van der Waals surface area contributed by atoms with E-state index in [2.05, 4.69) is 16.0 Å². The smallest absolute Gasteiger partial charge is 0.246 e. The van der Waals surface area contributed by atoms with E-state index in [9.17, 15) is 19.2 Å². The molecule has 208 valence electrons. The molecule has 4 amide bonds. The maximum absolute atomic E-state index is 13.8. The summed E-state index contributed by atoms with van der Waals surface area (Å²) < 4.78 is 5.75. The number of hydrogen-bond acceptors (Lipinski definition) is 7. The van der Waals surface area contributed by atoms with Crippen molar-refractivity contribution < 1.29 is 23.9 Å². The van der Waals surface area contributed by atoms with E-state index in [0.717, 1.165) is 36.3 Å². The fourth-order valence-electron chi connectivity index (χ4n) is 5.10. The van der Waals surface area contributed by atoms with E-state index < -0.39 is 30.1 Å². The van der Waals surface area contributed by atoms with E-state index in [1.165, 1.54) is 0 Å². The van der Waals surface area contributed by atoms with Gasteiger partial charge in [-0.3, -0.25) is 19.2 Å². The molecule has 4 atom stereocenters. The van der Waals surface area contributed by atoms with E-state index in [0.29, 0.717) is 45.4 Å². The maximum Gasteiger partial charge on any atom is 0.246 e. The second-order valence-electron chi connectivity index (χ2n) is 9.96. The van der Waals surface area contributed by atoms with E-state index in [1.807, 2.05) is 41.1 Å². The van der Waals surface area contributed by atoms with Crippen molar-refractivity contribution in [2.75, 3.05) is 31.3 Å². The molecule has 3 N–H and O–H groups in total. The zero-order chi connectivity index (χ0) is 26.7. The van der Waals surface area contributed by atoms with Gasteiger partial charge in [-0.2, -0.15) is 0 Å². The SMILES string of the molecule is O=C1N[C@@H]2CCOCCSSCCCCC[C@@H]1NC(=O)[C@H]1CCCN1C(=O)[C@H](Cc1ccccc1)NC2=O. The molecule has 2 bridgehead atoms. The normalized spacial score (nSPS) is 28.9. The van der Waals surface area contributed by atoms with Crippen LogP contribution in [0.15, 0.2) is 30.3 Å². The molecule has 1 aromatic rings. The third kappa shape index (κ3) is 8.13. The van der Waals surface area contributed by atoms with Gasteiger partial charge in [0.15, 0.2) is 0 Å². The van der Waals surface area contributed by atoms with Crippen molar-refractivity contribution in [3.05, 3.63) is 35.9 Å². The Hall–Kier alpha value is -2.24. The number of nitrogens with zero attached hydrogens (tertiary/aromatic N) is 1. The van der Waals surface area contributed by atoms with E-state index in [1.54, 1.807) is 15.7 Å². The molecule has 0 saturated carbocycles. The number of ether oxygens (including phenoxy) is 1. The molecule has 9 nitrogen and oxygen atoms in total. The molecule has 0 spiro atoms. The second-order valence-corrected chi connectivity index (χ2v) is 12.7. The van der Waals surface area contributed by atoms with Crippen molar-refractivity contribution in [1.82, 2.24) is 20.9 Å². The molecule has 0 aromatic heterocycles. The molecular formula is C27H38N4O5S2. The monoisotopic (exact) mass is 562 g/mol. The van der Waals surface area contributed by atoms with Gasteiger partial charge in [0.05, 0.1) is 6.61 Å². The Morgan fingerprint density at radius 3 is 2.34 bits per heavy atom. The molecule has 3 saturated heterocycles. The van der Waals surface area contributed by atoms with Crippen molar-refractivity contribution in [2.45, 2.75) is 75.5 Å². The van der Waals surface area contributed by atoms with Crippen molar-refractivity contribution in [1.29, 1.82) is 0 Å². The first kappa shape index (κ1) is 28.8. The molecule has 38 heavy (non-hydrogen) atoms. The standard InChI is InChI=1S/C27H38N4O5S2/c32-24-20-10-5-2-6-16-37-38-17-15-36-14-12-21(28-24)25(33)30-22(18-19-8-3-1-4-9-19)27(35)31-13-7-11-23(31)26(34)29-20/h1,3-4,8-9,20-23H,2,5-7,10-18H2,(H,28,32)(H,29,34)(H,30,33)/t20-,21+,22-,23+/m0/s1. The van der Waals surface area contributed by atoms with Gasteiger partial charge in [-0.1, -0.05) is 64.8 Å². The van der Waals surface area contributed by atoms with Gasteiger partial charge >= 0.3 is 0 Å². The quantitative estimate of drug-likeness (QED) is 0.473. The molecule has 0 unspecified atom stereocenters. The number of carbonyl (C=O) groups excluding carboxylic acids is 4. The number of benzene rings is 1. The number of hydrogen-bond donors (Lipinski definition) is 3. The largest absolute Gasteiger partial charge is 0.380 e. The van der Waals surface area contributed by atoms with Crippen LogP contribution in [-0.4, -0.2) is 84.0 Å². The van der Waals surface area contributed by atoms with Gasteiger partial charge in [-0.15, -0.1) is 0 Å². The van der Waals surface area contributed by atoms with Crippen molar-refractivity contribution >= 4 is 45.2 Å². The fourth-order valence-corrected chi connectivity index (χ4v) is 7.11. The topological polar surface area (TPSA) is 117 Å². The third-order valence-corrected chi connectivity index (χ3v) is 9.62. The first-order chi connectivity index (χ1) is 18.5. The number of fused-ring (bicyclic) bond motifs is 4. The lowest BCUT2D eigenvalue weighted by atomic mass is 10.0. The summed E-state index contributed by atoms with van der Waals surface area (Å²) in [7, 11) is 3.60. The van der Waals surface area contributed by atoms with E-state index in [-0.39, 0.29) is 24.1 Å². The predicted molar refractivity (Wildman–Crippen MR) is 149 cm³/mol. The summed E-state index contributed by atoms with van der Waals surface area (Å²) >= 11 is 0. The third-order valence-electron chi connectivity index (χ3n) is 7.17. The first-order valence-corrected chi connectivity index (χ1v) is 16.1. The Morgan fingerprint density at radius 2 is 1.50 bits per heavy atom. The van der Waals surface area contributed by atoms with Gasteiger partial charge < -0.3 is 25.6 Å². The fraction of sp³-hybridized carbons (Fsp3) is 0.630. The number of amides is 4. The average Bonchev–Trinajstić information content (AvgIpc) is 3.41. The van der Waals surface area contributed by atoms with Crippen molar-refractivity contribution in [3.63, 3.8) is 0 Å². The highest BCUT2D eigenvalue weighted by atomic mass is 33.1. The van der Waals surface area contributed by atoms with Crippen LogP contribution in [0.3, 0.4) is 0 Å². The summed E-state index contributed by atoms with van der Waals surface area (Å²) in [6, 6.07) is 6.36. The van der Waals surface area contributed by atoms with Gasteiger partial charge in [0.25, 0.3) is 0 Å². The van der Waals surface area contributed by atoms with E-state index in [4.69, 9.17) is 4.74 Å². The predicted octanol–water partition coefficient (Wildman–Crippen LogP) is 2.05. The molecular weight excluding hydrogens is 524 g/mol. The summed E-state index contributed by atoms with van der Waals surface area (Å²) in [5.74, 6) is 0.527. The molecule has 0 radical (unpaired) electrons. The molecule has 0 aliphatic carbocycles. The van der Waals surface area contributed by atoms with E-state index >= 15 is 0 Å². The molecule has 3 aliphatic rings. The average molecular weight is 563 g/mol. The number of carbonyl (C=O) groups is 4. The highest BCUT2D eigenvalue weighted by molar-refractivity contribution is 8.76. The molecule has 3 heterocycles. The Labute approximate surface area is 232 Å². The number of rotatable bonds is 2. The number of nitrogens with one attached hydrogen (secondary N) is 3. The summed E-state index contributed by atoms with van der Waals surface area (Å²) in [5.41, 5.74) is 0.902. The Kier molecular flexibility index (Phi) is 11.2. The summed E-state index contributed by atoms with van der Waals surface area (Å²) in [6.45, 7) is 1.30. The van der Waals surface area contributed by atoms with Gasteiger partial charge in [-0.25, -0.2) is 0 Å². The molecule has 11 heteroatoms. The zero-order valence-electron chi connectivity index (χ0n) is 21.7. The highest BCUT2D eigenvalue weighted by Crippen LogP contribution is 2.24.